The van der Waals surface area contributed by atoms with Crippen LogP contribution in [0, 0.1) is 5.41 Å². The molecule has 0 aromatic carbocycles. The number of hydrogen-bond donors (Lipinski definition) is 2. The second-order valence-corrected chi connectivity index (χ2v) is 5.97. The van der Waals surface area contributed by atoms with Gasteiger partial charge in [0, 0.05) is 13.6 Å². The summed E-state index contributed by atoms with van der Waals surface area (Å²) in [5.41, 5.74) is 5.51. The monoisotopic (exact) mass is 223 g/mol. The molecule has 0 spiro atoms. The summed E-state index contributed by atoms with van der Waals surface area (Å²) in [6, 6.07) is 0. The van der Waals surface area contributed by atoms with Crippen molar-refractivity contribution in [1.29, 1.82) is 0 Å². The van der Waals surface area contributed by atoms with Crippen LogP contribution in [0.15, 0.2) is 0 Å². The third-order valence-electron chi connectivity index (χ3n) is 2.36. The standard InChI is InChI=1S/C8H21N3O2S/c1-8(2,4-6-9)5-7-11(3)14(10,12)13/h4-7,9H2,1-3H3,(H2,10,12,13). The molecule has 0 aliphatic heterocycles. The molecule has 86 valence electrons. The quantitative estimate of drug-likeness (QED) is 0.658. The van der Waals surface area contributed by atoms with Crippen LogP contribution in [0.2, 0.25) is 0 Å². The SMILES string of the molecule is CN(CCC(C)(C)CCN)S(N)(=O)=O. The zero-order chi connectivity index (χ0) is 11.4. The fourth-order valence-corrected chi connectivity index (χ4v) is 1.45. The van der Waals surface area contributed by atoms with Crippen LogP contribution in [0.5, 0.6) is 0 Å². The van der Waals surface area contributed by atoms with E-state index < -0.39 is 10.2 Å². The zero-order valence-electron chi connectivity index (χ0n) is 9.16. The highest BCUT2D eigenvalue weighted by atomic mass is 32.2. The van der Waals surface area contributed by atoms with Crippen molar-refractivity contribution in [3.63, 3.8) is 0 Å². The van der Waals surface area contributed by atoms with E-state index in [-0.39, 0.29) is 5.41 Å². The topological polar surface area (TPSA) is 89.4 Å². The van der Waals surface area contributed by atoms with Crippen LogP contribution in [-0.2, 0) is 10.2 Å². The molecule has 6 heteroatoms. The third-order valence-corrected chi connectivity index (χ3v) is 3.41. The van der Waals surface area contributed by atoms with E-state index in [4.69, 9.17) is 10.9 Å². The van der Waals surface area contributed by atoms with Crippen molar-refractivity contribution < 1.29 is 8.42 Å². The summed E-state index contributed by atoms with van der Waals surface area (Å²) in [6.45, 7) is 5.19. The van der Waals surface area contributed by atoms with Crippen LogP contribution in [0.1, 0.15) is 26.7 Å². The lowest BCUT2D eigenvalue weighted by Crippen LogP contribution is -2.35. The first-order chi connectivity index (χ1) is 6.19. The molecule has 0 unspecified atom stereocenters. The molecule has 0 aromatic rings. The van der Waals surface area contributed by atoms with E-state index in [0.29, 0.717) is 13.1 Å². The van der Waals surface area contributed by atoms with Gasteiger partial charge in [0.2, 0.25) is 0 Å². The molecule has 0 aliphatic rings. The zero-order valence-corrected chi connectivity index (χ0v) is 9.97. The van der Waals surface area contributed by atoms with E-state index in [2.05, 4.69) is 13.8 Å². The molecule has 0 aromatic heterocycles. The fourth-order valence-electron chi connectivity index (χ4n) is 1.10. The first-order valence-corrected chi connectivity index (χ1v) is 6.13. The van der Waals surface area contributed by atoms with Gasteiger partial charge in [-0.3, -0.25) is 0 Å². The van der Waals surface area contributed by atoms with Gasteiger partial charge in [-0.25, -0.2) is 5.14 Å². The molecular formula is C8H21N3O2S. The maximum Gasteiger partial charge on any atom is 0.276 e. The highest BCUT2D eigenvalue weighted by molar-refractivity contribution is 7.86. The van der Waals surface area contributed by atoms with E-state index in [1.807, 2.05) is 0 Å². The minimum Gasteiger partial charge on any atom is -0.330 e. The van der Waals surface area contributed by atoms with Crippen LogP contribution in [0.3, 0.4) is 0 Å². The molecule has 0 fully saturated rings. The lowest BCUT2D eigenvalue weighted by Gasteiger charge is -2.25. The summed E-state index contributed by atoms with van der Waals surface area (Å²) >= 11 is 0. The summed E-state index contributed by atoms with van der Waals surface area (Å²) in [5, 5.41) is 4.96. The largest absolute Gasteiger partial charge is 0.330 e. The normalized spacial score (nSPS) is 13.6. The smallest absolute Gasteiger partial charge is 0.276 e. The van der Waals surface area contributed by atoms with Crippen molar-refractivity contribution in [2.75, 3.05) is 20.1 Å². The molecule has 0 bridgehead atoms. The van der Waals surface area contributed by atoms with E-state index in [0.717, 1.165) is 17.1 Å². The lowest BCUT2D eigenvalue weighted by atomic mass is 9.86. The van der Waals surface area contributed by atoms with E-state index in [1.165, 1.54) is 7.05 Å². The second kappa shape index (κ2) is 5.06. The average Bonchev–Trinajstić information content (AvgIpc) is 1.98. The van der Waals surface area contributed by atoms with Crippen LogP contribution in [-0.4, -0.2) is 32.9 Å². The van der Waals surface area contributed by atoms with Gasteiger partial charge in [-0.2, -0.15) is 12.7 Å². The van der Waals surface area contributed by atoms with Crippen molar-refractivity contribution >= 4 is 10.2 Å². The van der Waals surface area contributed by atoms with Crippen LogP contribution >= 0.6 is 0 Å². The predicted octanol–water partition coefficient (Wildman–Crippen LogP) is -0.113. The molecule has 0 atom stereocenters. The molecular weight excluding hydrogens is 202 g/mol. The Hall–Kier alpha value is -0.170. The molecule has 5 nitrogen and oxygen atoms in total. The first kappa shape index (κ1) is 13.8. The number of rotatable bonds is 6. The van der Waals surface area contributed by atoms with Crippen molar-refractivity contribution in [1.82, 2.24) is 4.31 Å². The molecule has 4 N–H and O–H groups in total. The lowest BCUT2D eigenvalue weighted by molar-refractivity contribution is 0.284. The minimum absolute atomic E-state index is 0.0632. The van der Waals surface area contributed by atoms with Gasteiger partial charge in [0.05, 0.1) is 0 Å². The number of nitrogens with zero attached hydrogens (tertiary/aromatic N) is 1. The van der Waals surface area contributed by atoms with Crippen LogP contribution in [0.25, 0.3) is 0 Å². The molecule has 0 radical (unpaired) electrons. The Kier molecular flexibility index (Phi) is 5.00. The van der Waals surface area contributed by atoms with Crippen molar-refractivity contribution in [3.8, 4) is 0 Å². The Morgan fingerprint density at radius 2 is 1.79 bits per heavy atom. The van der Waals surface area contributed by atoms with Gasteiger partial charge < -0.3 is 5.73 Å². The number of nitrogens with two attached hydrogens (primary N) is 2. The molecule has 14 heavy (non-hydrogen) atoms. The van der Waals surface area contributed by atoms with E-state index >= 15 is 0 Å². The van der Waals surface area contributed by atoms with Gasteiger partial charge in [-0.1, -0.05) is 13.8 Å². The summed E-state index contributed by atoms with van der Waals surface area (Å²) in [6.07, 6.45) is 1.64. The van der Waals surface area contributed by atoms with Gasteiger partial charge in [0.1, 0.15) is 0 Å². The maximum absolute atomic E-state index is 10.9. The van der Waals surface area contributed by atoms with E-state index in [9.17, 15) is 8.42 Å². The van der Waals surface area contributed by atoms with Gasteiger partial charge >= 0.3 is 0 Å². The molecule has 0 rings (SSSR count). The minimum atomic E-state index is -3.54. The summed E-state index contributed by atoms with van der Waals surface area (Å²) < 4.78 is 22.9. The molecule has 0 saturated carbocycles. The Morgan fingerprint density at radius 1 is 1.29 bits per heavy atom. The van der Waals surface area contributed by atoms with E-state index in [1.54, 1.807) is 0 Å². The highest BCUT2D eigenvalue weighted by Crippen LogP contribution is 2.24. The third kappa shape index (κ3) is 5.54. The summed E-state index contributed by atoms with van der Waals surface area (Å²) in [4.78, 5) is 0. The fraction of sp³-hybridized carbons (Fsp3) is 1.00. The maximum atomic E-state index is 10.9. The Balaban J connectivity index is 4.06. The van der Waals surface area contributed by atoms with Crippen LogP contribution in [0.4, 0.5) is 0 Å². The van der Waals surface area contributed by atoms with Crippen molar-refractivity contribution in [2.45, 2.75) is 26.7 Å². The first-order valence-electron chi connectivity index (χ1n) is 4.63. The Morgan fingerprint density at radius 3 is 2.14 bits per heavy atom. The van der Waals surface area contributed by atoms with Gasteiger partial charge in [-0.05, 0) is 24.8 Å². The molecule has 0 heterocycles. The van der Waals surface area contributed by atoms with Gasteiger partial charge in [0.15, 0.2) is 0 Å². The van der Waals surface area contributed by atoms with Crippen molar-refractivity contribution in [2.24, 2.45) is 16.3 Å². The van der Waals surface area contributed by atoms with Gasteiger partial charge in [0.25, 0.3) is 10.2 Å². The number of hydrogen-bond acceptors (Lipinski definition) is 3. The van der Waals surface area contributed by atoms with Crippen molar-refractivity contribution in [3.05, 3.63) is 0 Å². The van der Waals surface area contributed by atoms with Gasteiger partial charge in [-0.15, -0.1) is 0 Å². The van der Waals surface area contributed by atoms with Crippen LogP contribution < -0.4 is 10.9 Å². The Labute approximate surface area is 86.6 Å². The molecule has 0 amide bonds. The molecule has 0 aliphatic carbocycles. The predicted molar refractivity (Wildman–Crippen MR) is 57.8 cm³/mol. The summed E-state index contributed by atoms with van der Waals surface area (Å²) in [7, 11) is -2.06. The summed E-state index contributed by atoms with van der Waals surface area (Å²) in [5.74, 6) is 0. The average molecular weight is 223 g/mol. The molecule has 0 saturated heterocycles. The second-order valence-electron chi connectivity index (χ2n) is 4.32. The highest BCUT2D eigenvalue weighted by Gasteiger charge is 2.20. The Bertz CT molecular complexity index is 262.